The molecular weight excluding hydrogens is 352 g/mol. The molecule has 3 heteroatoms. The molecule has 27 heavy (non-hydrogen) atoms. The number of nitrogens with zero attached hydrogens (tertiary/aromatic N) is 1. The zero-order chi connectivity index (χ0) is 18.6. The van der Waals surface area contributed by atoms with E-state index in [9.17, 15) is 0 Å². The number of hydrogen-bond acceptors (Lipinski definition) is 2. The highest BCUT2D eigenvalue weighted by molar-refractivity contribution is 6.30. The van der Waals surface area contributed by atoms with Crippen molar-refractivity contribution in [2.24, 2.45) is 11.8 Å². The summed E-state index contributed by atoms with van der Waals surface area (Å²) in [5.41, 5.74) is 5.68. The fraction of sp³-hybridized carbons (Fsp3) is 0.500. The topological polar surface area (TPSA) is 15.3 Å². The largest absolute Gasteiger partial charge is 0.356 e. The molecular formula is C24H29ClN2. The average molecular weight is 381 g/mol. The molecule has 2 aromatic rings. The Morgan fingerprint density at radius 3 is 2.59 bits per heavy atom. The van der Waals surface area contributed by atoms with Gasteiger partial charge in [0.25, 0.3) is 0 Å². The van der Waals surface area contributed by atoms with Crippen molar-refractivity contribution in [2.45, 2.75) is 51.0 Å². The molecule has 2 bridgehead atoms. The first-order valence-corrected chi connectivity index (χ1v) is 10.8. The summed E-state index contributed by atoms with van der Waals surface area (Å²) < 4.78 is 0. The van der Waals surface area contributed by atoms with Crippen molar-refractivity contribution in [3.63, 3.8) is 0 Å². The molecule has 1 aliphatic heterocycles. The third-order valence-electron chi connectivity index (χ3n) is 7.45. The number of rotatable bonds is 4. The molecule has 2 fully saturated rings. The second-order valence-electron chi connectivity index (χ2n) is 9.17. The summed E-state index contributed by atoms with van der Waals surface area (Å²) in [4.78, 5) is 2.81. The lowest BCUT2D eigenvalue weighted by Crippen LogP contribution is -2.58. The van der Waals surface area contributed by atoms with E-state index in [1.54, 1.807) is 11.1 Å². The SMILES string of the molecule is C[C@H]1[C@H]2Cc3ccc(Nc4ccc(Cl)cc4)cc3[C@]1(C)CCN2CC1CC1. The number of fused-ring (bicyclic) bond motifs is 4. The number of halogens is 1. The quantitative estimate of drug-likeness (QED) is 0.697. The summed E-state index contributed by atoms with van der Waals surface area (Å²) in [5.74, 6) is 1.69. The van der Waals surface area contributed by atoms with Gasteiger partial charge < -0.3 is 5.32 Å². The van der Waals surface area contributed by atoms with Gasteiger partial charge in [-0.15, -0.1) is 0 Å². The van der Waals surface area contributed by atoms with E-state index >= 15 is 0 Å². The van der Waals surface area contributed by atoms with Crippen molar-refractivity contribution in [1.82, 2.24) is 4.90 Å². The molecule has 2 aliphatic carbocycles. The van der Waals surface area contributed by atoms with Crippen LogP contribution >= 0.6 is 11.6 Å². The molecule has 3 atom stereocenters. The monoisotopic (exact) mass is 380 g/mol. The molecule has 0 unspecified atom stereocenters. The minimum atomic E-state index is 0.288. The lowest BCUT2D eigenvalue weighted by molar-refractivity contribution is 0.0284. The first kappa shape index (κ1) is 17.6. The fourth-order valence-corrected chi connectivity index (χ4v) is 5.47. The van der Waals surface area contributed by atoms with E-state index in [0.29, 0.717) is 12.0 Å². The molecule has 0 radical (unpaired) electrons. The van der Waals surface area contributed by atoms with E-state index in [2.05, 4.69) is 42.3 Å². The van der Waals surface area contributed by atoms with Crippen LogP contribution in [0.2, 0.25) is 5.02 Å². The Labute approximate surface area is 167 Å². The molecule has 2 aromatic carbocycles. The number of benzene rings is 2. The zero-order valence-electron chi connectivity index (χ0n) is 16.3. The summed E-state index contributed by atoms with van der Waals surface area (Å²) in [6, 6.07) is 15.7. The van der Waals surface area contributed by atoms with Crippen molar-refractivity contribution in [2.75, 3.05) is 18.4 Å². The van der Waals surface area contributed by atoms with Crippen LogP contribution in [0.25, 0.3) is 0 Å². The number of hydrogen-bond donors (Lipinski definition) is 1. The standard InChI is InChI=1S/C24H29ClN2/c1-16-23-13-18-5-8-21(26-20-9-6-19(25)7-10-20)14-22(18)24(16,2)11-12-27(23)15-17-3-4-17/h5-10,14,16-17,23,26H,3-4,11-13,15H2,1-2H3/t16-,23+,24+/m0/s1. The number of piperidine rings is 1. The van der Waals surface area contributed by atoms with Crippen molar-refractivity contribution < 1.29 is 0 Å². The molecule has 142 valence electrons. The summed E-state index contributed by atoms with van der Waals surface area (Å²) >= 11 is 6.02. The minimum Gasteiger partial charge on any atom is -0.356 e. The second kappa shape index (κ2) is 6.53. The van der Waals surface area contributed by atoms with E-state index in [4.69, 9.17) is 11.6 Å². The lowest BCUT2D eigenvalue weighted by atomic mass is 9.59. The number of nitrogens with one attached hydrogen (secondary N) is 1. The molecule has 5 rings (SSSR count). The van der Waals surface area contributed by atoms with Crippen molar-refractivity contribution in [3.05, 3.63) is 58.6 Å². The van der Waals surface area contributed by atoms with Gasteiger partial charge in [0.2, 0.25) is 0 Å². The predicted molar refractivity (Wildman–Crippen MR) is 114 cm³/mol. The van der Waals surface area contributed by atoms with Gasteiger partial charge in [0.05, 0.1) is 0 Å². The lowest BCUT2D eigenvalue weighted by Gasteiger charge is -2.55. The minimum absolute atomic E-state index is 0.288. The average Bonchev–Trinajstić information content (AvgIpc) is 3.47. The molecule has 1 N–H and O–H groups in total. The van der Waals surface area contributed by atoms with Gasteiger partial charge in [0.15, 0.2) is 0 Å². The molecule has 0 amide bonds. The van der Waals surface area contributed by atoms with Crippen LogP contribution in [0.15, 0.2) is 42.5 Å². The van der Waals surface area contributed by atoms with Gasteiger partial charge in [-0.2, -0.15) is 0 Å². The van der Waals surface area contributed by atoms with Crippen LogP contribution in [0.1, 0.15) is 44.2 Å². The Kier molecular flexibility index (Phi) is 4.25. The van der Waals surface area contributed by atoms with Crippen LogP contribution in [0, 0.1) is 11.8 Å². The van der Waals surface area contributed by atoms with Gasteiger partial charge in [-0.1, -0.05) is 31.5 Å². The summed E-state index contributed by atoms with van der Waals surface area (Å²) in [6.07, 6.45) is 5.38. The van der Waals surface area contributed by atoms with E-state index < -0.39 is 0 Å². The maximum absolute atomic E-state index is 6.02. The first-order chi connectivity index (χ1) is 13.0. The Bertz CT molecular complexity index is 842. The Morgan fingerprint density at radius 2 is 1.85 bits per heavy atom. The molecule has 1 saturated heterocycles. The van der Waals surface area contributed by atoms with Crippen LogP contribution < -0.4 is 5.32 Å². The Balaban J connectivity index is 1.43. The smallest absolute Gasteiger partial charge is 0.0407 e. The van der Waals surface area contributed by atoms with E-state index in [0.717, 1.165) is 16.6 Å². The molecule has 1 saturated carbocycles. The van der Waals surface area contributed by atoms with Gasteiger partial charge in [0, 0.05) is 29.0 Å². The van der Waals surface area contributed by atoms with Crippen molar-refractivity contribution in [3.8, 4) is 0 Å². The van der Waals surface area contributed by atoms with Crippen LogP contribution in [-0.4, -0.2) is 24.0 Å². The third kappa shape index (κ3) is 3.17. The molecule has 2 nitrogen and oxygen atoms in total. The van der Waals surface area contributed by atoms with Crippen LogP contribution in [-0.2, 0) is 11.8 Å². The molecule has 0 spiro atoms. The Hall–Kier alpha value is -1.51. The number of likely N-dealkylation sites (tertiary alicyclic amines) is 1. The normalized spacial score (nSPS) is 30.0. The van der Waals surface area contributed by atoms with Crippen molar-refractivity contribution >= 4 is 23.0 Å². The second-order valence-corrected chi connectivity index (χ2v) is 9.61. The summed E-state index contributed by atoms with van der Waals surface area (Å²) in [6.45, 7) is 7.59. The van der Waals surface area contributed by atoms with E-state index in [1.807, 2.05) is 24.3 Å². The number of anilines is 2. The molecule has 1 heterocycles. The van der Waals surface area contributed by atoms with Gasteiger partial charge in [-0.3, -0.25) is 4.90 Å². The van der Waals surface area contributed by atoms with E-state index in [-0.39, 0.29) is 5.41 Å². The highest BCUT2D eigenvalue weighted by Gasteiger charge is 2.48. The van der Waals surface area contributed by atoms with Crippen LogP contribution in [0.4, 0.5) is 11.4 Å². The van der Waals surface area contributed by atoms with Gasteiger partial charge in [0.1, 0.15) is 0 Å². The van der Waals surface area contributed by atoms with E-state index in [1.165, 1.54) is 44.5 Å². The summed E-state index contributed by atoms with van der Waals surface area (Å²) in [7, 11) is 0. The maximum atomic E-state index is 6.02. The highest BCUT2D eigenvalue weighted by Crippen LogP contribution is 2.50. The highest BCUT2D eigenvalue weighted by atomic mass is 35.5. The van der Waals surface area contributed by atoms with Crippen LogP contribution in [0.3, 0.4) is 0 Å². The fourth-order valence-electron chi connectivity index (χ4n) is 5.34. The first-order valence-electron chi connectivity index (χ1n) is 10.4. The molecule has 0 aromatic heterocycles. The van der Waals surface area contributed by atoms with Gasteiger partial charge in [-0.25, -0.2) is 0 Å². The third-order valence-corrected chi connectivity index (χ3v) is 7.70. The van der Waals surface area contributed by atoms with Crippen molar-refractivity contribution in [1.29, 1.82) is 0 Å². The summed E-state index contributed by atoms with van der Waals surface area (Å²) in [5, 5.41) is 4.34. The maximum Gasteiger partial charge on any atom is 0.0407 e. The van der Waals surface area contributed by atoms with Gasteiger partial charge in [-0.05, 0) is 97.0 Å². The predicted octanol–water partition coefficient (Wildman–Crippen LogP) is 6.02. The zero-order valence-corrected chi connectivity index (χ0v) is 17.1. The van der Waals surface area contributed by atoms with Crippen LogP contribution in [0.5, 0.6) is 0 Å². The van der Waals surface area contributed by atoms with Gasteiger partial charge >= 0.3 is 0 Å². The Morgan fingerprint density at radius 1 is 1.11 bits per heavy atom. The molecule has 3 aliphatic rings.